The third kappa shape index (κ3) is 3.19. The summed E-state index contributed by atoms with van der Waals surface area (Å²) >= 11 is 3.05. The summed E-state index contributed by atoms with van der Waals surface area (Å²) in [6, 6.07) is 2.14. The summed E-state index contributed by atoms with van der Waals surface area (Å²) in [5, 5.41) is 0. The maximum Gasteiger partial charge on any atom is 0.246 e. The minimum absolute atomic E-state index is 0.105. The van der Waals surface area contributed by atoms with Gasteiger partial charge in [-0.15, -0.1) is 0 Å². The molecule has 1 heterocycles. The van der Waals surface area contributed by atoms with Gasteiger partial charge in [0.25, 0.3) is 0 Å². The normalized spacial score (nSPS) is 17.0. The van der Waals surface area contributed by atoms with Gasteiger partial charge in [0.2, 0.25) is 15.9 Å². The summed E-state index contributed by atoms with van der Waals surface area (Å²) < 4.78 is 40.3. The van der Waals surface area contributed by atoms with Gasteiger partial charge in [-0.25, -0.2) is 12.8 Å². The third-order valence-electron chi connectivity index (χ3n) is 3.35. The fourth-order valence-corrected chi connectivity index (χ4v) is 3.94. The Labute approximate surface area is 130 Å². The number of amides is 1. The predicted molar refractivity (Wildman–Crippen MR) is 79.5 cm³/mol. The van der Waals surface area contributed by atoms with Gasteiger partial charge in [-0.1, -0.05) is 0 Å². The van der Waals surface area contributed by atoms with Crippen LogP contribution in [-0.2, 0) is 14.8 Å². The molecule has 116 valence electrons. The lowest BCUT2D eigenvalue weighted by Crippen LogP contribution is -2.50. The average molecular weight is 380 g/mol. The molecule has 0 bridgehead atoms. The van der Waals surface area contributed by atoms with Crippen LogP contribution in [0.2, 0.25) is 0 Å². The van der Waals surface area contributed by atoms with Crippen molar-refractivity contribution < 1.29 is 17.6 Å². The van der Waals surface area contributed by atoms with Crippen LogP contribution in [0.25, 0.3) is 0 Å². The van der Waals surface area contributed by atoms with E-state index in [1.807, 2.05) is 0 Å². The molecule has 0 radical (unpaired) electrons. The van der Waals surface area contributed by atoms with Crippen LogP contribution >= 0.6 is 15.9 Å². The Morgan fingerprint density at radius 1 is 1.29 bits per heavy atom. The molecule has 0 aliphatic carbocycles. The number of nitrogens with two attached hydrogens (primary N) is 1. The highest BCUT2D eigenvalue weighted by Gasteiger charge is 2.31. The van der Waals surface area contributed by atoms with Gasteiger partial charge >= 0.3 is 0 Å². The van der Waals surface area contributed by atoms with E-state index in [1.54, 1.807) is 4.90 Å². The highest BCUT2D eigenvalue weighted by Crippen LogP contribution is 2.28. The van der Waals surface area contributed by atoms with Crippen LogP contribution in [0.1, 0.15) is 6.92 Å². The molecule has 2 rings (SSSR count). The van der Waals surface area contributed by atoms with E-state index in [0.29, 0.717) is 17.6 Å². The van der Waals surface area contributed by atoms with Crippen molar-refractivity contribution >= 4 is 37.5 Å². The number of carbonyl (C=O) groups is 1. The molecule has 1 aliphatic heterocycles. The van der Waals surface area contributed by atoms with E-state index < -0.39 is 20.7 Å². The maximum absolute atomic E-state index is 13.9. The Kier molecular flexibility index (Phi) is 4.54. The van der Waals surface area contributed by atoms with E-state index >= 15 is 0 Å². The molecule has 0 unspecified atom stereocenters. The fourth-order valence-electron chi connectivity index (χ4n) is 2.12. The highest BCUT2D eigenvalue weighted by molar-refractivity contribution is 9.10. The van der Waals surface area contributed by atoms with E-state index in [4.69, 9.17) is 5.73 Å². The molecule has 1 aromatic carbocycles. The molecule has 1 amide bonds. The van der Waals surface area contributed by atoms with Crippen molar-refractivity contribution in [2.24, 2.45) is 0 Å². The quantitative estimate of drug-likeness (QED) is 0.777. The predicted octanol–water partition coefficient (Wildman–Crippen LogP) is 1.02. The van der Waals surface area contributed by atoms with Crippen molar-refractivity contribution in [3.8, 4) is 0 Å². The zero-order valence-electron chi connectivity index (χ0n) is 11.3. The van der Waals surface area contributed by atoms with Crippen molar-refractivity contribution in [2.75, 3.05) is 31.9 Å². The van der Waals surface area contributed by atoms with Gasteiger partial charge in [-0.05, 0) is 28.1 Å². The van der Waals surface area contributed by atoms with Gasteiger partial charge in [0.05, 0.1) is 0 Å². The van der Waals surface area contributed by atoms with Crippen LogP contribution < -0.4 is 5.73 Å². The monoisotopic (exact) mass is 379 g/mol. The van der Waals surface area contributed by atoms with Gasteiger partial charge in [-0.2, -0.15) is 4.31 Å². The summed E-state index contributed by atoms with van der Waals surface area (Å²) in [5.41, 5.74) is 5.78. The lowest BCUT2D eigenvalue weighted by atomic mass is 10.3. The number of carbonyl (C=O) groups excluding carboxylic acids is 1. The summed E-state index contributed by atoms with van der Waals surface area (Å²) in [6.45, 7) is 2.29. The van der Waals surface area contributed by atoms with E-state index in [0.717, 1.165) is 16.4 Å². The first kappa shape index (κ1) is 16.2. The van der Waals surface area contributed by atoms with Crippen molar-refractivity contribution in [3.63, 3.8) is 0 Å². The average Bonchev–Trinajstić information content (AvgIpc) is 2.42. The number of rotatable bonds is 2. The topological polar surface area (TPSA) is 83.7 Å². The molecule has 0 aromatic heterocycles. The van der Waals surface area contributed by atoms with Crippen LogP contribution in [-0.4, -0.2) is 49.7 Å². The third-order valence-corrected chi connectivity index (χ3v) is 5.95. The van der Waals surface area contributed by atoms with Crippen molar-refractivity contribution in [1.29, 1.82) is 0 Å². The largest absolute Gasteiger partial charge is 0.398 e. The lowest BCUT2D eigenvalue weighted by molar-refractivity contribution is -0.129. The molecule has 1 fully saturated rings. The smallest absolute Gasteiger partial charge is 0.246 e. The molecule has 1 saturated heterocycles. The fraction of sp³-hybridized carbons (Fsp3) is 0.417. The minimum Gasteiger partial charge on any atom is -0.398 e. The molecule has 6 nitrogen and oxygen atoms in total. The van der Waals surface area contributed by atoms with Gasteiger partial charge in [0, 0.05) is 43.3 Å². The molecule has 21 heavy (non-hydrogen) atoms. The first-order valence-electron chi connectivity index (χ1n) is 6.23. The second kappa shape index (κ2) is 5.90. The first-order valence-corrected chi connectivity index (χ1v) is 8.47. The molecule has 2 N–H and O–H groups in total. The molecule has 0 atom stereocenters. The Morgan fingerprint density at radius 2 is 1.86 bits per heavy atom. The van der Waals surface area contributed by atoms with Gasteiger partial charge in [0.1, 0.15) is 10.7 Å². The molecular weight excluding hydrogens is 365 g/mol. The standard InChI is InChI=1S/C12H15BrFN3O3S/c1-8(18)16-2-4-17(5-3-16)21(19,20)12-7-11(15)9(13)6-10(12)14/h6-7H,2-5,15H2,1H3. The summed E-state index contributed by atoms with van der Waals surface area (Å²) in [7, 11) is -3.96. The Bertz CT molecular complexity index is 673. The Morgan fingerprint density at radius 3 is 2.38 bits per heavy atom. The summed E-state index contributed by atoms with van der Waals surface area (Å²) in [4.78, 5) is 12.3. The number of benzene rings is 1. The van der Waals surface area contributed by atoms with Crippen LogP contribution in [0.4, 0.5) is 10.1 Å². The second-order valence-electron chi connectivity index (χ2n) is 4.71. The maximum atomic E-state index is 13.9. The number of anilines is 1. The second-order valence-corrected chi connectivity index (χ2v) is 7.47. The number of sulfonamides is 1. The molecule has 1 aromatic rings. The van der Waals surface area contributed by atoms with Gasteiger partial charge in [0.15, 0.2) is 0 Å². The van der Waals surface area contributed by atoms with Crippen LogP contribution in [0, 0.1) is 5.82 Å². The van der Waals surface area contributed by atoms with Crippen LogP contribution in [0.15, 0.2) is 21.5 Å². The number of halogens is 2. The van der Waals surface area contributed by atoms with Gasteiger partial charge < -0.3 is 10.6 Å². The van der Waals surface area contributed by atoms with E-state index in [9.17, 15) is 17.6 Å². The van der Waals surface area contributed by atoms with Crippen LogP contribution in [0.5, 0.6) is 0 Å². The van der Waals surface area contributed by atoms with Crippen LogP contribution in [0.3, 0.4) is 0 Å². The van der Waals surface area contributed by atoms with E-state index in [1.165, 1.54) is 6.92 Å². The number of piperazine rings is 1. The van der Waals surface area contributed by atoms with Crippen molar-refractivity contribution in [3.05, 3.63) is 22.4 Å². The molecule has 1 aliphatic rings. The molecule has 0 saturated carbocycles. The summed E-state index contributed by atoms with van der Waals surface area (Å²) in [6.07, 6.45) is 0. The van der Waals surface area contributed by atoms with E-state index in [2.05, 4.69) is 15.9 Å². The molecule has 9 heteroatoms. The minimum atomic E-state index is -3.96. The first-order chi connectivity index (χ1) is 9.73. The Balaban J connectivity index is 2.28. The SMILES string of the molecule is CC(=O)N1CCN(S(=O)(=O)c2cc(N)c(Br)cc2F)CC1. The zero-order valence-corrected chi connectivity index (χ0v) is 13.7. The van der Waals surface area contributed by atoms with Gasteiger partial charge in [-0.3, -0.25) is 4.79 Å². The number of nitrogen functional groups attached to an aromatic ring is 1. The van der Waals surface area contributed by atoms with Crippen molar-refractivity contribution in [1.82, 2.24) is 9.21 Å². The molecular formula is C12H15BrFN3O3S. The zero-order chi connectivity index (χ0) is 15.8. The number of hydrogen-bond acceptors (Lipinski definition) is 4. The summed E-state index contributed by atoms with van der Waals surface area (Å²) in [5.74, 6) is -0.962. The van der Waals surface area contributed by atoms with Crippen molar-refractivity contribution in [2.45, 2.75) is 11.8 Å². The van der Waals surface area contributed by atoms with E-state index in [-0.39, 0.29) is 24.7 Å². The lowest BCUT2D eigenvalue weighted by Gasteiger charge is -2.33. The number of nitrogens with zero attached hydrogens (tertiary/aromatic N) is 2. The number of hydrogen-bond donors (Lipinski definition) is 1. The highest BCUT2D eigenvalue weighted by atomic mass is 79.9. The molecule has 0 spiro atoms. The Hall–Kier alpha value is -1.19.